The molecule has 3 aromatic carbocycles. The molecule has 3 rings (SSSR count). The largest absolute Gasteiger partial charge is 0.352 e. The fraction of sp³-hybridized carbons (Fsp3) is 0.286. The molecule has 0 bridgehead atoms. The van der Waals surface area contributed by atoms with E-state index in [1.807, 2.05) is 6.92 Å². The van der Waals surface area contributed by atoms with Gasteiger partial charge in [-0.3, -0.25) is 13.9 Å². The molecule has 7 nitrogen and oxygen atoms in total. The Balaban J connectivity index is 2.09. The van der Waals surface area contributed by atoms with E-state index >= 15 is 0 Å². The van der Waals surface area contributed by atoms with Gasteiger partial charge in [0.1, 0.15) is 12.6 Å². The molecule has 3 aromatic rings. The van der Waals surface area contributed by atoms with Gasteiger partial charge in [0.15, 0.2) is 0 Å². The summed E-state index contributed by atoms with van der Waals surface area (Å²) in [6, 6.07) is 14.3. The van der Waals surface area contributed by atoms with Crippen molar-refractivity contribution in [3.05, 3.63) is 91.9 Å². The molecule has 1 atom stereocenters. The average molecular weight is 645 g/mol. The third-order valence-electron chi connectivity index (χ3n) is 6.00. The standard InChI is InChI=1S/C28H29Cl4N3O4S/c1-17(2)33-28(37)19(4)34(15-20-7-11-23(30)25(32)13-20)27(36)16-35(26-14-21(29)8-12-24(26)31)40(38,39)22-9-5-18(3)6-10-22/h5-14,17,19H,15-16H2,1-4H3,(H,33,37)/t19-/m0/s1. The molecule has 0 aliphatic rings. The number of hydrogen-bond donors (Lipinski definition) is 1. The van der Waals surface area contributed by atoms with Crippen molar-refractivity contribution < 1.29 is 18.0 Å². The molecule has 0 saturated carbocycles. The first-order valence-corrected chi connectivity index (χ1v) is 15.2. The Morgan fingerprint density at radius 1 is 0.850 bits per heavy atom. The maximum Gasteiger partial charge on any atom is 0.264 e. The van der Waals surface area contributed by atoms with Gasteiger partial charge in [-0.25, -0.2) is 8.42 Å². The number of nitrogens with zero attached hydrogens (tertiary/aromatic N) is 2. The lowest BCUT2D eigenvalue weighted by atomic mass is 10.1. The highest BCUT2D eigenvalue weighted by molar-refractivity contribution is 7.92. The van der Waals surface area contributed by atoms with Crippen molar-refractivity contribution in [2.24, 2.45) is 0 Å². The number of carbonyl (C=O) groups excluding carboxylic acids is 2. The molecule has 0 aliphatic carbocycles. The summed E-state index contributed by atoms with van der Waals surface area (Å²) in [5.74, 6) is -1.05. The van der Waals surface area contributed by atoms with E-state index in [-0.39, 0.29) is 38.2 Å². The Bertz CT molecular complexity index is 1500. The molecule has 0 radical (unpaired) electrons. The number of benzene rings is 3. The molecule has 0 fully saturated rings. The van der Waals surface area contributed by atoms with Crippen molar-refractivity contribution in [2.75, 3.05) is 10.8 Å². The summed E-state index contributed by atoms with van der Waals surface area (Å²) in [5, 5.41) is 3.72. The molecular weight excluding hydrogens is 616 g/mol. The molecule has 0 saturated heterocycles. The Labute approximate surface area is 255 Å². The molecule has 0 aliphatic heterocycles. The van der Waals surface area contributed by atoms with Gasteiger partial charge in [-0.2, -0.15) is 0 Å². The van der Waals surface area contributed by atoms with Crippen LogP contribution >= 0.6 is 46.4 Å². The Morgan fingerprint density at radius 2 is 1.48 bits per heavy atom. The predicted molar refractivity (Wildman–Crippen MR) is 162 cm³/mol. The fourth-order valence-electron chi connectivity index (χ4n) is 3.85. The second kappa shape index (κ2) is 13.4. The first-order valence-electron chi connectivity index (χ1n) is 12.3. The quantitative estimate of drug-likeness (QED) is 0.265. The maximum atomic E-state index is 13.9. The minimum absolute atomic E-state index is 0.0249. The van der Waals surface area contributed by atoms with Crippen LogP contribution in [0.3, 0.4) is 0 Å². The Morgan fingerprint density at radius 3 is 2.08 bits per heavy atom. The molecule has 2 amide bonds. The number of anilines is 1. The van der Waals surface area contributed by atoms with Crippen LogP contribution in [-0.4, -0.2) is 43.8 Å². The SMILES string of the molecule is Cc1ccc(S(=O)(=O)N(CC(=O)N(Cc2ccc(Cl)c(Cl)c2)[C@@H](C)C(=O)NC(C)C)c2cc(Cl)ccc2Cl)cc1. The second-order valence-corrected chi connectivity index (χ2v) is 13.1. The molecule has 40 heavy (non-hydrogen) atoms. The summed E-state index contributed by atoms with van der Waals surface area (Å²) in [6.45, 7) is 6.30. The number of amides is 2. The van der Waals surface area contributed by atoms with Crippen molar-refractivity contribution in [3.63, 3.8) is 0 Å². The number of carbonyl (C=O) groups is 2. The van der Waals surface area contributed by atoms with E-state index in [4.69, 9.17) is 46.4 Å². The van der Waals surface area contributed by atoms with Gasteiger partial charge in [0.2, 0.25) is 11.8 Å². The lowest BCUT2D eigenvalue weighted by Crippen LogP contribution is -2.52. The lowest BCUT2D eigenvalue weighted by Gasteiger charge is -2.32. The third kappa shape index (κ3) is 7.83. The molecule has 1 N–H and O–H groups in total. The number of aryl methyl sites for hydroxylation is 1. The van der Waals surface area contributed by atoms with Gasteiger partial charge in [-0.1, -0.05) is 70.2 Å². The smallest absolute Gasteiger partial charge is 0.264 e. The number of rotatable bonds is 10. The van der Waals surface area contributed by atoms with Crippen LogP contribution in [-0.2, 0) is 26.2 Å². The topological polar surface area (TPSA) is 86.8 Å². The summed E-state index contributed by atoms with van der Waals surface area (Å²) in [7, 11) is -4.29. The highest BCUT2D eigenvalue weighted by Crippen LogP contribution is 2.33. The lowest BCUT2D eigenvalue weighted by molar-refractivity contribution is -0.139. The zero-order valence-corrected chi connectivity index (χ0v) is 26.1. The normalized spacial score (nSPS) is 12.2. The van der Waals surface area contributed by atoms with Gasteiger partial charge >= 0.3 is 0 Å². The predicted octanol–water partition coefficient (Wildman–Crippen LogP) is 6.75. The van der Waals surface area contributed by atoms with E-state index in [9.17, 15) is 18.0 Å². The third-order valence-corrected chi connectivity index (χ3v) is 9.07. The van der Waals surface area contributed by atoms with Crippen LogP contribution in [0.4, 0.5) is 5.69 Å². The van der Waals surface area contributed by atoms with E-state index in [0.717, 1.165) is 9.87 Å². The zero-order valence-electron chi connectivity index (χ0n) is 22.3. The minimum atomic E-state index is -4.29. The summed E-state index contributed by atoms with van der Waals surface area (Å²) >= 11 is 24.9. The van der Waals surface area contributed by atoms with E-state index < -0.39 is 34.4 Å². The van der Waals surface area contributed by atoms with Gasteiger partial charge in [0.05, 0.1) is 25.7 Å². The van der Waals surface area contributed by atoms with Crippen LogP contribution < -0.4 is 9.62 Å². The fourth-order valence-corrected chi connectivity index (χ4v) is 6.03. The van der Waals surface area contributed by atoms with Gasteiger partial charge < -0.3 is 10.2 Å². The van der Waals surface area contributed by atoms with Crippen LogP contribution in [0.1, 0.15) is 31.9 Å². The number of sulfonamides is 1. The molecule has 0 aromatic heterocycles. The first-order chi connectivity index (χ1) is 18.7. The van der Waals surface area contributed by atoms with E-state index in [2.05, 4.69) is 5.32 Å². The molecular formula is C28H29Cl4N3O4S. The molecule has 12 heteroatoms. The number of nitrogens with one attached hydrogen (secondary N) is 1. The van der Waals surface area contributed by atoms with Crippen LogP contribution in [0.25, 0.3) is 0 Å². The van der Waals surface area contributed by atoms with E-state index in [1.165, 1.54) is 35.2 Å². The molecule has 0 unspecified atom stereocenters. The van der Waals surface area contributed by atoms with Gasteiger partial charge in [0.25, 0.3) is 10.0 Å². The van der Waals surface area contributed by atoms with E-state index in [1.54, 1.807) is 51.1 Å². The maximum absolute atomic E-state index is 13.9. The Kier molecular flexibility index (Phi) is 10.8. The van der Waals surface area contributed by atoms with Crippen molar-refractivity contribution in [1.82, 2.24) is 10.2 Å². The van der Waals surface area contributed by atoms with Crippen LogP contribution in [0, 0.1) is 6.92 Å². The van der Waals surface area contributed by atoms with Crippen LogP contribution in [0.2, 0.25) is 20.1 Å². The van der Waals surface area contributed by atoms with E-state index in [0.29, 0.717) is 10.6 Å². The summed E-state index contributed by atoms with van der Waals surface area (Å²) in [4.78, 5) is 28.2. The highest BCUT2D eigenvalue weighted by atomic mass is 35.5. The molecule has 0 heterocycles. The molecule has 0 spiro atoms. The van der Waals surface area contributed by atoms with Crippen molar-refractivity contribution >= 4 is 73.9 Å². The summed E-state index contributed by atoms with van der Waals surface area (Å²) in [5.41, 5.74) is 1.48. The molecule has 214 valence electrons. The van der Waals surface area contributed by atoms with Crippen LogP contribution in [0.15, 0.2) is 65.6 Å². The minimum Gasteiger partial charge on any atom is -0.352 e. The van der Waals surface area contributed by atoms with Crippen molar-refractivity contribution in [2.45, 2.75) is 51.2 Å². The van der Waals surface area contributed by atoms with Gasteiger partial charge in [0, 0.05) is 17.6 Å². The summed E-state index contributed by atoms with van der Waals surface area (Å²) in [6.07, 6.45) is 0. The average Bonchev–Trinajstić information content (AvgIpc) is 2.88. The monoisotopic (exact) mass is 643 g/mol. The van der Waals surface area contributed by atoms with Crippen molar-refractivity contribution in [1.29, 1.82) is 0 Å². The Hall–Kier alpha value is -2.49. The van der Waals surface area contributed by atoms with Gasteiger partial charge in [-0.05, 0) is 75.7 Å². The zero-order chi connectivity index (χ0) is 29.8. The first kappa shape index (κ1) is 32.0. The van der Waals surface area contributed by atoms with Crippen LogP contribution in [0.5, 0.6) is 0 Å². The summed E-state index contributed by atoms with van der Waals surface area (Å²) < 4.78 is 28.7. The second-order valence-electron chi connectivity index (χ2n) is 9.53. The highest BCUT2D eigenvalue weighted by Gasteiger charge is 2.33. The number of halogens is 4. The van der Waals surface area contributed by atoms with Crippen molar-refractivity contribution in [3.8, 4) is 0 Å². The van der Waals surface area contributed by atoms with Gasteiger partial charge in [-0.15, -0.1) is 0 Å². The number of hydrogen-bond acceptors (Lipinski definition) is 4.